The lowest BCUT2D eigenvalue weighted by atomic mass is 9.80. The van der Waals surface area contributed by atoms with Crippen LogP contribution < -0.4 is 5.32 Å². The fourth-order valence-corrected chi connectivity index (χ4v) is 6.27. The first kappa shape index (κ1) is 27.5. The standard InChI is InChI=1S/C29H30F2N4O5/c1-39-27(36)26-25(18-10-13-22(30)23(31)15-18)35(29(38)40-26)28(37)33-24-7-4-14-34(24)20-11-8-17(9-12-20)21-6-3-2-5-19(21)16-32/h2-3,5-6,10,13,15,17,20,24-26H,4,7-9,11-12,14H2,1H3,(H,33,37)/t17?,20?,24?,25-,26+/m0/s1. The molecule has 3 atom stereocenters. The van der Waals surface area contributed by atoms with E-state index in [1.165, 1.54) is 6.07 Å². The van der Waals surface area contributed by atoms with Gasteiger partial charge in [0.2, 0.25) is 6.10 Å². The summed E-state index contributed by atoms with van der Waals surface area (Å²) in [5.41, 5.74) is 1.80. The van der Waals surface area contributed by atoms with Crippen molar-refractivity contribution in [2.75, 3.05) is 13.7 Å². The normalized spacial score (nSPS) is 26.7. The SMILES string of the molecule is COC(=O)[C@@H]1OC(=O)N(C(=O)NC2CCCN2C2CCC(c3ccccc3C#N)CC2)[C@H]1c1ccc(F)c(F)c1. The summed E-state index contributed by atoms with van der Waals surface area (Å²) in [6.07, 6.45) is 2.18. The monoisotopic (exact) mass is 552 g/mol. The van der Waals surface area contributed by atoms with Crippen molar-refractivity contribution >= 4 is 18.1 Å². The van der Waals surface area contributed by atoms with Gasteiger partial charge in [-0.15, -0.1) is 0 Å². The van der Waals surface area contributed by atoms with Gasteiger partial charge < -0.3 is 14.8 Å². The molecule has 0 bridgehead atoms. The molecular formula is C29H30F2N4O5. The zero-order chi connectivity index (χ0) is 28.4. The number of esters is 1. The molecule has 2 aromatic carbocycles. The van der Waals surface area contributed by atoms with Crippen molar-refractivity contribution in [3.05, 3.63) is 70.8 Å². The number of nitrogens with one attached hydrogen (secondary N) is 1. The van der Waals surface area contributed by atoms with Crippen LogP contribution >= 0.6 is 0 Å². The molecule has 2 aromatic rings. The average Bonchev–Trinajstić information content (AvgIpc) is 3.58. The summed E-state index contributed by atoms with van der Waals surface area (Å²) in [5.74, 6) is -2.91. The van der Waals surface area contributed by atoms with E-state index < -0.39 is 41.9 Å². The number of imide groups is 1. The fourth-order valence-electron chi connectivity index (χ4n) is 6.27. The van der Waals surface area contributed by atoms with E-state index in [9.17, 15) is 28.4 Å². The van der Waals surface area contributed by atoms with Crippen molar-refractivity contribution in [3.63, 3.8) is 0 Å². The molecule has 11 heteroatoms. The topological polar surface area (TPSA) is 112 Å². The van der Waals surface area contributed by atoms with Crippen molar-refractivity contribution in [2.45, 2.75) is 68.8 Å². The lowest BCUT2D eigenvalue weighted by Gasteiger charge is -2.38. The highest BCUT2D eigenvalue weighted by Gasteiger charge is 2.51. The summed E-state index contributed by atoms with van der Waals surface area (Å²) in [6.45, 7) is 0.775. The molecule has 1 saturated carbocycles. The lowest BCUT2D eigenvalue weighted by molar-refractivity contribution is -0.150. The van der Waals surface area contributed by atoms with E-state index in [-0.39, 0.29) is 17.8 Å². The number of amides is 3. The van der Waals surface area contributed by atoms with E-state index in [1.807, 2.05) is 24.3 Å². The van der Waals surface area contributed by atoms with E-state index in [0.717, 1.165) is 68.4 Å². The molecule has 0 spiro atoms. The highest BCUT2D eigenvalue weighted by molar-refractivity contribution is 5.96. The van der Waals surface area contributed by atoms with Crippen molar-refractivity contribution in [1.82, 2.24) is 15.1 Å². The Balaban J connectivity index is 1.29. The molecule has 1 unspecified atom stereocenters. The van der Waals surface area contributed by atoms with E-state index in [2.05, 4.69) is 16.3 Å². The van der Waals surface area contributed by atoms with E-state index in [1.54, 1.807) is 0 Å². The molecule has 2 heterocycles. The van der Waals surface area contributed by atoms with Gasteiger partial charge in [0.05, 0.1) is 24.9 Å². The molecule has 2 saturated heterocycles. The predicted molar refractivity (Wildman–Crippen MR) is 138 cm³/mol. The van der Waals surface area contributed by atoms with Gasteiger partial charge in [-0.3, -0.25) is 4.90 Å². The Hall–Kier alpha value is -4.04. The maximum Gasteiger partial charge on any atom is 0.419 e. The Bertz CT molecular complexity index is 1340. The van der Waals surface area contributed by atoms with Gasteiger partial charge in [-0.05, 0) is 73.8 Å². The Kier molecular flexibility index (Phi) is 7.98. The number of carbonyl (C=O) groups is 3. The molecule has 3 aliphatic rings. The number of halogens is 2. The van der Waals surface area contributed by atoms with Crippen LogP contribution in [0.25, 0.3) is 0 Å². The summed E-state index contributed by atoms with van der Waals surface area (Å²) in [6, 6.07) is 11.0. The van der Waals surface area contributed by atoms with Crippen LogP contribution in [0.2, 0.25) is 0 Å². The second kappa shape index (κ2) is 11.6. The van der Waals surface area contributed by atoms with Gasteiger partial charge >= 0.3 is 18.1 Å². The van der Waals surface area contributed by atoms with Gasteiger partial charge in [0.15, 0.2) is 11.6 Å². The molecule has 0 radical (unpaired) electrons. The largest absolute Gasteiger partial charge is 0.466 e. The van der Waals surface area contributed by atoms with Crippen LogP contribution in [0.1, 0.15) is 67.2 Å². The third-order valence-corrected chi connectivity index (χ3v) is 8.20. The maximum absolute atomic E-state index is 14.1. The van der Waals surface area contributed by atoms with Crippen LogP contribution in [-0.4, -0.2) is 59.9 Å². The molecule has 9 nitrogen and oxygen atoms in total. The fraction of sp³-hybridized carbons (Fsp3) is 0.448. The Morgan fingerprint density at radius 3 is 2.52 bits per heavy atom. The highest BCUT2D eigenvalue weighted by Crippen LogP contribution is 2.39. The van der Waals surface area contributed by atoms with Crippen molar-refractivity contribution in [1.29, 1.82) is 5.26 Å². The van der Waals surface area contributed by atoms with Crippen LogP contribution in [0, 0.1) is 23.0 Å². The minimum Gasteiger partial charge on any atom is -0.466 e. The molecule has 210 valence electrons. The number of hydrogen-bond acceptors (Lipinski definition) is 7. The quantitative estimate of drug-likeness (QED) is 0.534. The Morgan fingerprint density at radius 1 is 1.07 bits per heavy atom. The molecule has 2 aliphatic heterocycles. The van der Waals surface area contributed by atoms with Crippen molar-refractivity contribution in [2.24, 2.45) is 0 Å². The summed E-state index contributed by atoms with van der Waals surface area (Å²) in [4.78, 5) is 41.6. The third kappa shape index (κ3) is 5.23. The van der Waals surface area contributed by atoms with Crippen molar-refractivity contribution in [3.8, 4) is 6.07 Å². The molecule has 0 aromatic heterocycles. The number of methoxy groups -OCH3 is 1. The average molecular weight is 553 g/mol. The minimum absolute atomic E-state index is 0.0227. The Morgan fingerprint density at radius 2 is 1.82 bits per heavy atom. The summed E-state index contributed by atoms with van der Waals surface area (Å²) >= 11 is 0. The number of likely N-dealkylation sites (tertiary alicyclic amines) is 1. The predicted octanol–water partition coefficient (Wildman–Crippen LogP) is 4.73. The first-order valence-corrected chi connectivity index (χ1v) is 13.4. The summed E-state index contributed by atoms with van der Waals surface area (Å²) in [7, 11) is 1.10. The first-order valence-electron chi connectivity index (χ1n) is 13.4. The number of nitrogens with zero attached hydrogens (tertiary/aromatic N) is 3. The summed E-state index contributed by atoms with van der Waals surface area (Å²) < 4.78 is 37.6. The number of hydrogen-bond donors (Lipinski definition) is 1. The maximum atomic E-state index is 14.1. The Labute approximate surface area is 230 Å². The molecule has 5 rings (SSSR count). The molecular weight excluding hydrogens is 522 g/mol. The van der Waals surface area contributed by atoms with Gasteiger partial charge in [0, 0.05) is 12.6 Å². The zero-order valence-corrected chi connectivity index (χ0v) is 22.0. The van der Waals surface area contributed by atoms with Crippen molar-refractivity contribution < 1.29 is 32.6 Å². The van der Waals surface area contributed by atoms with Gasteiger partial charge in [0.1, 0.15) is 6.04 Å². The minimum atomic E-state index is -1.53. The van der Waals surface area contributed by atoms with Crippen LogP contribution in [0.4, 0.5) is 18.4 Å². The lowest BCUT2D eigenvalue weighted by Crippen LogP contribution is -2.53. The van der Waals surface area contributed by atoms with Crippen LogP contribution in [0.5, 0.6) is 0 Å². The number of benzene rings is 2. The number of rotatable bonds is 5. The molecule has 40 heavy (non-hydrogen) atoms. The molecule has 3 fully saturated rings. The van der Waals surface area contributed by atoms with Gasteiger partial charge in [-0.25, -0.2) is 28.1 Å². The van der Waals surface area contributed by atoms with Gasteiger partial charge in [0.25, 0.3) is 0 Å². The molecule has 1 N–H and O–H groups in total. The zero-order valence-electron chi connectivity index (χ0n) is 22.0. The number of nitriles is 1. The van der Waals surface area contributed by atoms with Gasteiger partial charge in [-0.2, -0.15) is 5.26 Å². The van der Waals surface area contributed by atoms with E-state index in [4.69, 9.17) is 9.47 Å². The smallest absolute Gasteiger partial charge is 0.419 e. The summed E-state index contributed by atoms with van der Waals surface area (Å²) in [5, 5.41) is 12.4. The number of carbonyl (C=O) groups excluding carboxylic acids is 3. The van der Waals surface area contributed by atoms with Crippen LogP contribution in [0.3, 0.4) is 0 Å². The van der Waals surface area contributed by atoms with E-state index in [0.29, 0.717) is 17.9 Å². The number of urea groups is 1. The van der Waals surface area contributed by atoms with Crippen LogP contribution in [0.15, 0.2) is 42.5 Å². The van der Waals surface area contributed by atoms with Crippen LogP contribution in [-0.2, 0) is 14.3 Å². The number of cyclic esters (lactones) is 1. The first-order chi connectivity index (χ1) is 19.3. The van der Waals surface area contributed by atoms with E-state index >= 15 is 0 Å². The second-order valence-corrected chi connectivity index (χ2v) is 10.4. The highest BCUT2D eigenvalue weighted by atomic mass is 19.2. The second-order valence-electron chi connectivity index (χ2n) is 10.4. The van der Waals surface area contributed by atoms with Gasteiger partial charge in [-0.1, -0.05) is 24.3 Å². The third-order valence-electron chi connectivity index (χ3n) is 8.20. The number of ether oxygens (including phenoxy) is 2. The molecule has 1 aliphatic carbocycles. The molecule has 3 amide bonds.